The van der Waals surface area contributed by atoms with E-state index < -0.39 is 0 Å². The Morgan fingerprint density at radius 2 is 1.67 bits per heavy atom. The van der Waals surface area contributed by atoms with Gasteiger partial charge in [0.25, 0.3) is 0 Å². The maximum Gasteiger partial charge on any atom is 0.224 e. The van der Waals surface area contributed by atoms with Gasteiger partial charge in [-0.15, -0.1) is 0 Å². The van der Waals surface area contributed by atoms with Crippen LogP contribution in [0.15, 0.2) is 85.1 Å². The van der Waals surface area contributed by atoms with Crippen LogP contribution in [0.2, 0.25) is 0 Å². The molecule has 33 heavy (non-hydrogen) atoms. The van der Waals surface area contributed by atoms with Crippen molar-refractivity contribution < 1.29 is 4.57 Å². The maximum atomic E-state index is 7.71. The Kier molecular flexibility index (Phi) is 3.47. The van der Waals surface area contributed by atoms with Crippen LogP contribution in [0.25, 0.3) is 65.0 Å². The average Bonchev–Trinajstić information content (AvgIpc) is 3.19. The third kappa shape index (κ3) is 2.25. The fraction of sp³-hybridized carbons (Fsp3) is 0.0667. The summed E-state index contributed by atoms with van der Waals surface area (Å²) in [5, 5.41) is 6.10. The molecule has 3 heterocycles. The molecule has 4 aromatic carbocycles. The molecule has 0 bridgehead atoms. The first-order chi connectivity index (χ1) is 16.2. The van der Waals surface area contributed by atoms with Crippen LogP contribution in [0.1, 0.15) is 5.56 Å². The summed E-state index contributed by atoms with van der Waals surface area (Å²) in [6.07, 6.45) is 2.11. The molecule has 0 radical (unpaired) electrons. The van der Waals surface area contributed by atoms with Crippen molar-refractivity contribution in [3.63, 3.8) is 0 Å². The summed E-state index contributed by atoms with van der Waals surface area (Å²) in [6.45, 7) is 9.91. The zero-order chi connectivity index (χ0) is 22.3. The molecule has 7 rings (SSSR count). The van der Waals surface area contributed by atoms with Crippen molar-refractivity contribution in [2.24, 2.45) is 7.05 Å². The molecule has 0 N–H and O–H groups in total. The second-order valence-electron chi connectivity index (χ2n) is 8.87. The van der Waals surface area contributed by atoms with E-state index in [0.29, 0.717) is 5.69 Å². The zero-order valence-corrected chi connectivity index (χ0v) is 18.4. The highest BCUT2D eigenvalue weighted by atomic mass is 15.0. The Morgan fingerprint density at radius 3 is 2.48 bits per heavy atom. The Bertz CT molecular complexity index is 1940. The lowest BCUT2D eigenvalue weighted by molar-refractivity contribution is -0.643. The van der Waals surface area contributed by atoms with Crippen molar-refractivity contribution in [2.45, 2.75) is 6.92 Å². The van der Waals surface area contributed by atoms with E-state index in [1.165, 1.54) is 54.8 Å². The normalized spacial score (nSPS) is 11.9. The van der Waals surface area contributed by atoms with Gasteiger partial charge in [-0.2, -0.15) is 0 Å². The van der Waals surface area contributed by atoms with Gasteiger partial charge in [0.2, 0.25) is 5.52 Å². The van der Waals surface area contributed by atoms with Crippen molar-refractivity contribution in [1.29, 1.82) is 0 Å². The molecule has 0 spiro atoms. The van der Waals surface area contributed by atoms with Gasteiger partial charge in [0, 0.05) is 16.8 Å². The van der Waals surface area contributed by atoms with E-state index in [2.05, 4.69) is 107 Å². The topological polar surface area (TPSA) is 12.7 Å². The van der Waals surface area contributed by atoms with Gasteiger partial charge >= 0.3 is 0 Å². The van der Waals surface area contributed by atoms with Crippen molar-refractivity contribution in [3.8, 4) is 11.1 Å². The monoisotopic (exact) mass is 422 g/mol. The number of rotatable bonds is 1. The number of nitrogens with zero attached hydrogens (tertiary/aromatic N) is 3. The quantitative estimate of drug-likeness (QED) is 0.114. The predicted molar refractivity (Wildman–Crippen MR) is 136 cm³/mol. The smallest absolute Gasteiger partial charge is 0.224 e. The molecule has 0 aliphatic heterocycles. The van der Waals surface area contributed by atoms with E-state index in [9.17, 15) is 0 Å². The maximum absolute atomic E-state index is 7.71. The van der Waals surface area contributed by atoms with Gasteiger partial charge in [-0.1, -0.05) is 54.6 Å². The van der Waals surface area contributed by atoms with E-state index in [-0.39, 0.29) is 0 Å². The van der Waals surface area contributed by atoms with Gasteiger partial charge in [0.1, 0.15) is 7.05 Å². The number of fused-ring (bicyclic) bond motifs is 5. The van der Waals surface area contributed by atoms with E-state index in [1.54, 1.807) is 0 Å². The number of hydrogen-bond donors (Lipinski definition) is 0. The summed E-state index contributed by atoms with van der Waals surface area (Å²) in [4.78, 5) is 3.80. The third-order valence-electron chi connectivity index (χ3n) is 7.05. The second kappa shape index (κ2) is 6.31. The predicted octanol–water partition coefficient (Wildman–Crippen LogP) is 7.34. The molecule has 0 amide bonds. The number of aromatic nitrogens is 2. The van der Waals surface area contributed by atoms with Crippen LogP contribution in [0.5, 0.6) is 0 Å². The van der Waals surface area contributed by atoms with Crippen molar-refractivity contribution in [1.82, 2.24) is 4.40 Å². The van der Waals surface area contributed by atoms with Crippen LogP contribution in [-0.2, 0) is 7.05 Å². The van der Waals surface area contributed by atoms with Gasteiger partial charge < -0.3 is 4.40 Å². The molecular formula is C30H20N3+. The zero-order valence-electron chi connectivity index (χ0n) is 18.4. The van der Waals surface area contributed by atoms with Gasteiger partial charge in [0.05, 0.1) is 33.9 Å². The minimum atomic E-state index is 0.669. The molecule has 3 aromatic heterocycles. The Balaban J connectivity index is 1.87. The lowest BCUT2D eigenvalue weighted by atomic mass is 9.97. The first-order valence-corrected chi connectivity index (χ1v) is 11.1. The largest absolute Gasteiger partial charge is 0.309 e. The molecule has 0 aliphatic rings. The summed E-state index contributed by atoms with van der Waals surface area (Å²) in [6, 6.07) is 27.9. The molecule has 3 nitrogen and oxygen atoms in total. The van der Waals surface area contributed by atoms with Crippen LogP contribution in [-0.4, -0.2) is 4.40 Å². The summed E-state index contributed by atoms with van der Waals surface area (Å²) in [7, 11) is 2.12. The summed E-state index contributed by atoms with van der Waals surface area (Å²) < 4.78 is 4.62. The van der Waals surface area contributed by atoms with Crippen molar-refractivity contribution in [2.75, 3.05) is 0 Å². The van der Waals surface area contributed by atoms with E-state index >= 15 is 0 Å². The molecular weight excluding hydrogens is 402 g/mol. The van der Waals surface area contributed by atoms with Gasteiger partial charge in [-0.25, -0.2) is 9.41 Å². The Labute approximate surface area is 190 Å². The standard InChI is InChI=1S/C30H20N3/c1-18-12-13-23-28-22(19-8-5-4-6-9-19)10-7-11-24(28)33-25-17-21(31-2)16-20-14-15-32(3)30(27(20)25)26(18)29(23)33/h4-17H,1,3H3/q+1. The van der Waals surface area contributed by atoms with Crippen LogP contribution in [0.3, 0.4) is 0 Å². The highest BCUT2D eigenvalue weighted by molar-refractivity contribution is 6.28. The molecule has 7 aromatic rings. The lowest BCUT2D eigenvalue weighted by Gasteiger charge is -2.13. The fourth-order valence-corrected chi connectivity index (χ4v) is 5.67. The fourth-order valence-electron chi connectivity index (χ4n) is 5.67. The second-order valence-corrected chi connectivity index (χ2v) is 8.87. The molecule has 0 unspecified atom stereocenters. The SMILES string of the molecule is [C-]#[N+]c1cc2cc[n+](C)c3c4c(C)ccc5c6c(-c7ccccc7)cccc6n(c(c1)c23)c54. The Hall–Kier alpha value is -4.42. The Morgan fingerprint density at radius 1 is 0.818 bits per heavy atom. The van der Waals surface area contributed by atoms with Gasteiger partial charge in [-0.3, -0.25) is 0 Å². The molecule has 0 saturated heterocycles. The highest BCUT2D eigenvalue weighted by Gasteiger charge is 2.25. The van der Waals surface area contributed by atoms with E-state index in [0.717, 1.165) is 10.9 Å². The van der Waals surface area contributed by atoms with Crippen LogP contribution >= 0.6 is 0 Å². The third-order valence-corrected chi connectivity index (χ3v) is 7.05. The van der Waals surface area contributed by atoms with E-state index in [1.807, 2.05) is 6.07 Å². The van der Waals surface area contributed by atoms with Crippen LogP contribution in [0, 0.1) is 13.5 Å². The number of benzene rings is 4. The molecule has 3 heteroatoms. The molecule has 0 saturated carbocycles. The van der Waals surface area contributed by atoms with Gasteiger partial charge in [0.15, 0.2) is 11.9 Å². The van der Waals surface area contributed by atoms with Crippen LogP contribution < -0.4 is 4.57 Å². The molecule has 0 fully saturated rings. The number of pyridine rings is 2. The van der Waals surface area contributed by atoms with Crippen molar-refractivity contribution in [3.05, 3.63) is 102 Å². The number of hydrogen-bond acceptors (Lipinski definition) is 0. The molecule has 0 aliphatic carbocycles. The summed E-state index contributed by atoms with van der Waals surface area (Å²) in [5.74, 6) is 0. The van der Waals surface area contributed by atoms with Crippen LogP contribution in [0.4, 0.5) is 5.69 Å². The van der Waals surface area contributed by atoms with Crippen molar-refractivity contribution >= 4 is 54.7 Å². The first-order valence-electron chi connectivity index (χ1n) is 11.1. The van der Waals surface area contributed by atoms with Gasteiger partial charge in [-0.05, 0) is 47.2 Å². The minimum Gasteiger partial charge on any atom is -0.309 e. The number of aryl methyl sites for hydroxylation is 2. The minimum absolute atomic E-state index is 0.669. The lowest BCUT2D eigenvalue weighted by Crippen LogP contribution is -2.28. The molecule has 0 atom stereocenters. The average molecular weight is 423 g/mol. The first kappa shape index (κ1) is 18.2. The van der Waals surface area contributed by atoms with E-state index in [4.69, 9.17) is 6.57 Å². The summed E-state index contributed by atoms with van der Waals surface area (Å²) >= 11 is 0. The summed E-state index contributed by atoms with van der Waals surface area (Å²) in [5.41, 5.74) is 9.10. The molecule has 154 valence electrons. The highest BCUT2D eigenvalue weighted by Crippen LogP contribution is 2.44.